The number of aryl methyl sites for hydroxylation is 1. The minimum Gasteiger partial charge on any atom is -0.496 e. The summed E-state index contributed by atoms with van der Waals surface area (Å²) in [6.45, 7) is 8.18. The second-order valence-corrected chi connectivity index (χ2v) is 10.5. The highest BCUT2D eigenvalue weighted by Crippen LogP contribution is 2.35. The number of piperidine rings is 1. The topological polar surface area (TPSA) is 108 Å². The number of methoxy groups -OCH3 is 1. The second kappa shape index (κ2) is 10.9. The van der Waals surface area contributed by atoms with E-state index in [-0.39, 0.29) is 24.1 Å². The number of H-pyrrole nitrogens is 1. The van der Waals surface area contributed by atoms with E-state index in [1.807, 2.05) is 17.3 Å². The predicted molar refractivity (Wildman–Crippen MR) is 142 cm³/mol. The SMILES string of the molecule is CCN(c1cc2occc2c(C(=O)NCc2c(OC)cc(C)[nH]c2=O)c1C)C1CCN(S(C)=O)CC1. The first-order valence-electron chi connectivity index (χ1n) is 12.2. The van der Waals surface area contributed by atoms with Crippen LogP contribution in [0.4, 0.5) is 5.69 Å². The first-order valence-corrected chi connectivity index (χ1v) is 13.7. The monoisotopic (exact) mass is 514 g/mol. The molecule has 1 unspecified atom stereocenters. The van der Waals surface area contributed by atoms with Crippen LogP contribution in [0, 0.1) is 13.8 Å². The molecule has 2 aromatic heterocycles. The lowest BCUT2D eigenvalue weighted by molar-refractivity contribution is 0.0951. The summed E-state index contributed by atoms with van der Waals surface area (Å²) < 4.78 is 25.0. The average Bonchev–Trinajstić information content (AvgIpc) is 3.32. The Morgan fingerprint density at radius 1 is 1.31 bits per heavy atom. The van der Waals surface area contributed by atoms with Crippen LogP contribution < -0.4 is 20.5 Å². The van der Waals surface area contributed by atoms with Crippen molar-refractivity contribution in [2.24, 2.45) is 0 Å². The van der Waals surface area contributed by atoms with Gasteiger partial charge >= 0.3 is 0 Å². The van der Waals surface area contributed by atoms with E-state index in [1.54, 1.807) is 31.6 Å². The number of nitrogens with one attached hydrogen (secondary N) is 2. The number of ether oxygens (including phenoxy) is 1. The van der Waals surface area contributed by atoms with Gasteiger partial charge in [0.05, 0.1) is 42.0 Å². The molecule has 1 saturated heterocycles. The van der Waals surface area contributed by atoms with Crippen molar-refractivity contribution in [1.82, 2.24) is 14.6 Å². The molecule has 1 amide bonds. The Morgan fingerprint density at radius 3 is 2.67 bits per heavy atom. The number of pyridine rings is 1. The van der Waals surface area contributed by atoms with Gasteiger partial charge in [0, 0.05) is 54.8 Å². The molecule has 1 fully saturated rings. The Morgan fingerprint density at radius 2 is 2.03 bits per heavy atom. The number of aromatic amines is 1. The van der Waals surface area contributed by atoms with Crippen molar-refractivity contribution >= 4 is 33.5 Å². The number of rotatable bonds is 8. The maximum absolute atomic E-state index is 13.5. The highest BCUT2D eigenvalue weighted by atomic mass is 32.2. The number of amides is 1. The quantitative estimate of drug-likeness (QED) is 0.478. The summed E-state index contributed by atoms with van der Waals surface area (Å²) in [7, 11) is 0.540. The molecule has 3 heterocycles. The van der Waals surface area contributed by atoms with Crippen LogP contribution in [0.2, 0.25) is 0 Å². The molecule has 0 spiro atoms. The molecule has 1 aliphatic rings. The van der Waals surface area contributed by atoms with Crippen LogP contribution >= 0.6 is 0 Å². The first kappa shape index (κ1) is 26.0. The van der Waals surface area contributed by atoms with E-state index < -0.39 is 11.0 Å². The molecule has 4 rings (SSSR count). The van der Waals surface area contributed by atoms with Gasteiger partial charge in [-0.25, -0.2) is 8.51 Å². The van der Waals surface area contributed by atoms with Crippen molar-refractivity contribution in [3.8, 4) is 5.75 Å². The molecule has 1 atom stereocenters. The Bertz CT molecular complexity index is 1340. The largest absolute Gasteiger partial charge is 0.496 e. The van der Waals surface area contributed by atoms with Crippen LogP contribution in [0.1, 0.15) is 46.9 Å². The molecule has 9 nitrogen and oxygen atoms in total. The fourth-order valence-electron chi connectivity index (χ4n) is 5.12. The summed E-state index contributed by atoms with van der Waals surface area (Å²) in [4.78, 5) is 31.1. The van der Waals surface area contributed by atoms with Crippen LogP contribution in [0.5, 0.6) is 5.75 Å². The Labute approximate surface area is 213 Å². The zero-order valence-corrected chi connectivity index (χ0v) is 22.3. The predicted octanol–water partition coefficient (Wildman–Crippen LogP) is 3.26. The number of carbonyl (C=O) groups is 1. The van der Waals surface area contributed by atoms with Gasteiger partial charge in [0.1, 0.15) is 11.3 Å². The van der Waals surface area contributed by atoms with E-state index in [4.69, 9.17) is 9.15 Å². The smallest absolute Gasteiger partial charge is 0.256 e. The van der Waals surface area contributed by atoms with Crippen LogP contribution in [-0.2, 0) is 17.5 Å². The lowest BCUT2D eigenvalue weighted by Crippen LogP contribution is -2.45. The van der Waals surface area contributed by atoms with E-state index >= 15 is 0 Å². The molecular formula is C26H34N4O5S. The maximum atomic E-state index is 13.5. The number of benzene rings is 1. The Hall–Kier alpha value is -3.11. The normalized spacial score (nSPS) is 15.7. The van der Waals surface area contributed by atoms with Gasteiger partial charge in [-0.3, -0.25) is 9.59 Å². The van der Waals surface area contributed by atoms with E-state index in [2.05, 4.69) is 22.1 Å². The first-order chi connectivity index (χ1) is 17.2. The van der Waals surface area contributed by atoms with Crippen molar-refractivity contribution in [2.45, 2.75) is 46.2 Å². The third kappa shape index (κ3) is 5.05. The molecule has 10 heteroatoms. The lowest BCUT2D eigenvalue weighted by Gasteiger charge is -2.39. The molecule has 3 aromatic rings. The summed E-state index contributed by atoms with van der Waals surface area (Å²) in [5.74, 6) is 0.155. The number of anilines is 1. The number of hydrogen-bond donors (Lipinski definition) is 2. The molecule has 36 heavy (non-hydrogen) atoms. The minimum absolute atomic E-state index is 0.0325. The summed E-state index contributed by atoms with van der Waals surface area (Å²) in [5, 5.41) is 3.64. The van der Waals surface area contributed by atoms with Crippen molar-refractivity contribution in [3.05, 3.63) is 57.2 Å². The average molecular weight is 515 g/mol. The van der Waals surface area contributed by atoms with E-state index in [9.17, 15) is 13.8 Å². The number of furan rings is 1. The number of nitrogens with zero attached hydrogens (tertiary/aromatic N) is 2. The summed E-state index contributed by atoms with van der Waals surface area (Å²) in [6, 6.07) is 5.81. The van der Waals surface area contributed by atoms with Gasteiger partial charge in [-0.2, -0.15) is 0 Å². The fraction of sp³-hybridized carbons (Fsp3) is 0.462. The molecule has 2 N–H and O–H groups in total. The van der Waals surface area contributed by atoms with Crippen molar-refractivity contribution < 1.29 is 18.2 Å². The number of carbonyl (C=O) groups excluding carboxylic acids is 1. The maximum Gasteiger partial charge on any atom is 0.256 e. The van der Waals surface area contributed by atoms with E-state index in [1.165, 1.54) is 7.11 Å². The van der Waals surface area contributed by atoms with Crippen LogP contribution in [0.25, 0.3) is 11.0 Å². The summed E-state index contributed by atoms with van der Waals surface area (Å²) >= 11 is 0. The third-order valence-corrected chi connectivity index (χ3v) is 8.06. The molecule has 0 aliphatic carbocycles. The third-order valence-electron chi connectivity index (χ3n) is 6.97. The van der Waals surface area contributed by atoms with Gasteiger partial charge in [-0.1, -0.05) is 0 Å². The highest BCUT2D eigenvalue weighted by Gasteiger charge is 2.28. The number of hydrogen-bond acceptors (Lipinski definition) is 6. The van der Waals surface area contributed by atoms with Crippen molar-refractivity contribution in [2.75, 3.05) is 37.9 Å². The highest BCUT2D eigenvalue weighted by molar-refractivity contribution is 7.81. The van der Waals surface area contributed by atoms with E-state index in [0.717, 1.165) is 49.1 Å². The molecule has 194 valence electrons. The zero-order chi connectivity index (χ0) is 26.0. The lowest BCUT2D eigenvalue weighted by atomic mass is 9.97. The van der Waals surface area contributed by atoms with Crippen molar-refractivity contribution in [3.63, 3.8) is 0 Å². The van der Waals surface area contributed by atoms with Crippen molar-refractivity contribution in [1.29, 1.82) is 0 Å². The number of aromatic nitrogens is 1. The van der Waals surface area contributed by atoms with Gasteiger partial charge in [-0.15, -0.1) is 0 Å². The molecule has 1 aromatic carbocycles. The van der Waals surface area contributed by atoms with Gasteiger partial charge in [0.25, 0.3) is 11.5 Å². The van der Waals surface area contributed by atoms with Gasteiger partial charge in [0.15, 0.2) is 0 Å². The van der Waals surface area contributed by atoms with Gasteiger partial charge in [-0.05, 0) is 51.3 Å². The molecule has 1 aliphatic heterocycles. The minimum atomic E-state index is -0.965. The van der Waals surface area contributed by atoms with Gasteiger partial charge in [0.2, 0.25) is 0 Å². The van der Waals surface area contributed by atoms with Crippen LogP contribution in [-0.4, -0.2) is 58.4 Å². The molecule has 0 bridgehead atoms. The standard InChI is InChI=1S/C26H34N4O5S/c1-6-30(18-7-10-29(11-8-18)36(5)33)21-14-23-19(9-12-35-23)24(17(21)3)26(32)27-15-20-22(34-4)13-16(2)28-25(20)31/h9,12-14,18H,6-8,10-11,15H2,1-5H3,(H,27,32)(H,28,31). The second-order valence-electron chi connectivity index (χ2n) is 9.11. The molecular weight excluding hydrogens is 480 g/mol. The Kier molecular flexibility index (Phi) is 7.85. The van der Waals surface area contributed by atoms with Gasteiger partial charge < -0.3 is 24.4 Å². The van der Waals surface area contributed by atoms with Crippen LogP contribution in [0.3, 0.4) is 0 Å². The summed E-state index contributed by atoms with van der Waals surface area (Å²) in [6.07, 6.45) is 5.09. The van der Waals surface area contributed by atoms with E-state index in [0.29, 0.717) is 28.2 Å². The number of fused-ring (bicyclic) bond motifs is 1. The molecule has 0 saturated carbocycles. The molecule has 0 radical (unpaired) electrons. The zero-order valence-electron chi connectivity index (χ0n) is 21.5. The fourth-order valence-corrected chi connectivity index (χ4v) is 5.85. The Balaban J connectivity index is 1.65. The van der Waals surface area contributed by atoms with Crippen LogP contribution in [0.15, 0.2) is 33.7 Å². The summed E-state index contributed by atoms with van der Waals surface area (Å²) in [5.41, 5.74) is 3.74.